The first-order chi connectivity index (χ1) is 7.97. The third kappa shape index (κ3) is 1.93. The molecule has 1 aromatic rings. The fraction of sp³-hybridized carbons (Fsp3) is 0.571. The molecule has 0 saturated heterocycles. The molecule has 0 radical (unpaired) electrons. The van der Waals surface area contributed by atoms with E-state index >= 15 is 0 Å². The minimum Gasteiger partial charge on any atom is -0.257 e. The molecule has 17 heavy (non-hydrogen) atoms. The predicted molar refractivity (Wildman–Crippen MR) is 64.4 cm³/mol. The van der Waals surface area contributed by atoms with Crippen molar-refractivity contribution in [1.29, 1.82) is 5.26 Å². The molecule has 0 N–H and O–H groups in total. The van der Waals surface area contributed by atoms with Gasteiger partial charge in [0.25, 0.3) is 0 Å². The average molecular weight is 232 g/mol. The first-order valence-corrected chi connectivity index (χ1v) is 6.07. The average Bonchev–Trinajstić information content (AvgIpc) is 2.37. The van der Waals surface area contributed by atoms with Crippen LogP contribution in [0.1, 0.15) is 54.3 Å². The number of hydrogen-bond donors (Lipinski definition) is 0. The van der Waals surface area contributed by atoms with Gasteiger partial charge in [-0.3, -0.25) is 4.98 Å². The number of rotatable bonds is 0. The van der Waals surface area contributed by atoms with Crippen LogP contribution in [0.25, 0.3) is 0 Å². The van der Waals surface area contributed by atoms with E-state index in [0.29, 0.717) is 17.5 Å². The molecule has 0 fully saturated rings. The van der Waals surface area contributed by atoms with Gasteiger partial charge in [0.05, 0.1) is 11.3 Å². The largest absolute Gasteiger partial charge is 0.257 e. The second-order valence-electron chi connectivity index (χ2n) is 5.03. The summed E-state index contributed by atoms with van der Waals surface area (Å²) in [5.74, 6) is 0. The predicted octanol–water partition coefficient (Wildman–Crippen LogP) is 3.48. The lowest BCUT2D eigenvalue weighted by Gasteiger charge is -2.24. The molecule has 2 rings (SSSR count). The zero-order valence-corrected chi connectivity index (χ0v) is 10.6. The number of alkyl halides is 1. The zero-order chi connectivity index (χ0) is 12.6. The lowest BCUT2D eigenvalue weighted by molar-refractivity contribution is 0.174. The Morgan fingerprint density at radius 3 is 2.65 bits per heavy atom. The van der Waals surface area contributed by atoms with Gasteiger partial charge in [-0.05, 0) is 52.0 Å². The highest BCUT2D eigenvalue weighted by Crippen LogP contribution is 2.40. The molecule has 0 aliphatic heterocycles. The molecular weight excluding hydrogens is 215 g/mol. The molecular formula is C14H17FN2. The van der Waals surface area contributed by atoms with E-state index in [-0.39, 0.29) is 0 Å². The van der Waals surface area contributed by atoms with Crippen LogP contribution in [0.15, 0.2) is 0 Å². The SMILES string of the molecule is Cc1nc(C)c2c(c1C#N)CCCCC2(C)F. The Kier molecular flexibility index (Phi) is 2.91. The van der Waals surface area contributed by atoms with Crippen molar-refractivity contribution in [3.8, 4) is 6.07 Å². The molecule has 0 spiro atoms. The number of nitriles is 1. The van der Waals surface area contributed by atoms with Crippen molar-refractivity contribution in [3.63, 3.8) is 0 Å². The summed E-state index contributed by atoms with van der Waals surface area (Å²) < 4.78 is 14.7. The number of aromatic nitrogens is 1. The van der Waals surface area contributed by atoms with Crippen molar-refractivity contribution in [3.05, 3.63) is 28.1 Å². The Balaban J connectivity index is 2.77. The topological polar surface area (TPSA) is 36.7 Å². The van der Waals surface area contributed by atoms with Crippen molar-refractivity contribution in [2.75, 3.05) is 0 Å². The number of hydrogen-bond acceptors (Lipinski definition) is 2. The molecule has 1 aliphatic carbocycles. The van der Waals surface area contributed by atoms with Gasteiger partial charge in [-0.1, -0.05) is 0 Å². The molecule has 90 valence electrons. The van der Waals surface area contributed by atoms with Gasteiger partial charge in [0.1, 0.15) is 11.7 Å². The Morgan fingerprint density at radius 1 is 1.29 bits per heavy atom. The second kappa shape index (κ2) is 4.10. The molecule has 3 heteroatoms. The monoisotopic (exact) mass is 232 g/mol. The van der Waals surface area contributed by atoms with Gasteiger partial charge in [0.2, 0.25) is 0 Å². The first-order valence-electron chi connectivity index (χ1n) is 6.07. The lowest BCUT2D eigenvalue weighted by Crippen LogP contribution is -2.19. The van der Waals surface area contributed by atoms with E-state index in [9.17, 15) is 9.65 Å². The molecule has 2 nitrogen and oxygen atoms in total. The van der Waals surface area contributed by atoms with Gasteiger partial charge in [-0.2, -0.15) is 5.26 Å². The van der Waals surface area contributed by atoms with Crippen LogP contribution in [0.4, 0.5) is 4.39 Å². The van der Waals surface area contributed by atoms with E-state index in [1.807, 2.05) is 13.8 Å². The maximum Gasteiger partial charge on any atom is 0.135 e. The Bertz CT molecular complexity index is 498. The van der Waals surface area contributed by atoms with Gasteiger partial charge in [-0.15, -0.1) is 0 Å². The molecule has 1 heterocycles. The Morgan fingerprint density at radius 2 is 2.00 bits per heavy atom. The summed E-state index contributed by atoms with van der Waals surface area (Å²) in [6, 6.07) is 2.19. The van der Waals surface area contributed by atoms with E-state index in [1.165, 1.54) is 0 Å². The third-order valence-electron chi connectivity index (χ3n) is 3.62. The highest BCUT2D eigenvalue weighted by molar-refractivity contribution is 5.49. The van der Waals surface area contributed by atoms with Crippen LogP contribution in [0.2, 0.25) is 0 Å². The van der Waals surface area contributed by atoms with Gasteiger partial charge < -0.3 is 0 Å². The molecule has 1 aromatic heterocycles. The minimum absolute atomic E-state index is 0.524. The van der Waals surface area contributed by atoms with E-state index in [0.717, 1.165) is 36.2 Å². The van der Waals surface area contributed by atoms with E-state index in [1.54, 1.807) is 6.92 Å². The minimum atomic E-state index is -1.35. The molecule has 0 saturated carbocycles. The molecule has 1 unspecified atom stereocenters. The summed E-state index contributed by atoms with van der Waals surface area (Å²) in [4.78, 5) is 4.33. The Hall–Kier alpha value is -1.43. The van der Waals surface area contributed by atoms with Crippen LogP contribution in [0.3, 0.4) is 0 Å². The molecule has 0 amide bonds. The van der Waals surface area contributed by atoms with Crippen LogP contribution >= 0.6 is 0 Å². The van der Waals surface area contributed by atoms with Crippen molar-refractivity contribution >= 4 is 0 Å². The maximum atomic E-state index is 14.7. The fourth-order valence-electron chi connectivity index (χ4n) is 2.90. The maximum absolute atomic E-state index is 14.7. The Labute approximate surface area is 101 Å². The van der Waals surface area contributed by atoms with Gasteiger partial charge >= 0.3 is 0 Å². The fourth-order valence-corrected chi connectivity index (χ4v) is 2.90. The second-order valence-corrected chi connectivity index (χ2v) is 5.03. The van der Waals surface area contributed by atoms with Gasteiger partial charge in [0, 0.05) is 11.3 Å². The third-order valence-corrected chi connectivity index (χ3v) is 3.62. The van der Waals surface area contributed by atoms with Crippen LogP contribution in [0, 0.1) is 25.2 Å². The number of pyridine rings is 1. The zero-order valence-electron chi connectivity index (χ0n) is 10.6. The number of aryl methyl sites for hydroxylation is 2. The number of nitrogens with zero attached hydrogens (tertiary/aromatic N) is 2. The highest BCUT2D eigenvalue weighted by Gasteiger charge is 2.34. The van der Waals surface area contributed by atoms with Crippen molar-refractivity contribution in [1.82, 2.24) is 4.98 Å². The van der Waals surface area contributed by atoms with Gasteiger partial charge in [0.15, 0.2) is 0 Å². The number of fused-ring (bicyclic) bond motifs is 1. The molecule has 1 aliphatic rings. The van der Waals surface area contributed by atoms with E-state index in [2.05, 4.69) is 11.1 Å². The van der Waals surface area contributed by atoms with Crippen LogP contribution in [-0.4, -0.2) is 4.98 Å². The van der Waals surface area contributed by atoms with Crippen LogP contribution < -0.4 is 0 Å². The number of halogens is 1. The van der Waals surface area contributed by atoms with Gasteiger partial charge in [-0.25, -0.2) is 4.39 Å². The van der Waals surface area contributed by atoms with Crippen molar-refractivity contribution in [2.24, 2.45) is 0 Å². The standard InChI is InChI=1S/C14H17FN2/c1-9-12(8-16)11-6-4-5-7-14(3,15)13(11)10(2)17-9/h4-7H2,1-3H3. The normalized spacial score (nSPS) is 23.7. The van der Waals surface area contributed by atoms with Crippen LogP contribution in [-0.2, 0) is 12.1 Å². The highest BCUT2D eigenvalue weighted by atomic mass is 19.1. The first kappa shape index (κ1) is 12.0. The summed E-state index contributed by atoms with van der Waals surface area (Å²) in [7, 11) is 0. The quantitative estimate of drug-likeness (QED) is 0.642. The molecule has 0 bridgehead atoms. The van der Waals surface area contributed by atoms with Crippen molar-refractivity contribution < 1.29 is 4.39 Å². The van der Waals surface area contributed by atoms with Crippen molar-refractivity contribution in [2.45, 2.75) is 52.1 Å². The smallest absolute Gasteiger partial charge is 0.135 e. The summed E-state index contributed by atoms with van der Waals surface area (Å²) in [6.07, 6.45) is 3.13. The van der Waals surface area contributed by atoms with E-state index in [4.69, 9.17) is 0 Å². The molecule has 0 aromatic carbocycles. The summed E-state index contributed by atoms with van der Waals surface area (Å²) in [5.41, 5.74) is 2.25. The molecule has 1 atom stereocenters. The summed E-state index contributed by atoms with van der Waals surface area (Å²) in [5, 5.41) is 9.21. The van der Waals surface area contributed by atoms with E-state index < -0.39 is 5.67 Å². The summed E-state index contributed by atoms with van der Waals surface area (Å²) >= 11 is 0. The van der Waals surface area contributed by atoms with Crippen LogP contribution in [0.5, 0.6) is 0 Å². The lowest BCUT2D eigenvalue weighted by atomic mass is 9.87. The summed E-state index contributed by atoms with van der Waals surface area (Å²) in [6.45, 7) is 5.28.